The summed E-state index contributed by atoms with van der Waals surface area (Å²) >= 11 is 0. The Bertz CT molecular complexity index is 579. The van der Waals surface area contributed by atoms with Gasteiger partial charge in [-0.15, -0.1) is 0 Å². The molecule has 0 saturated heterocycles. The van der Waals surface area contributed by atoms with Gasteiger partial charge in [-0.25, -0.2) is 13.1 Å². The van der Waals surface area contributed by atoms with Crippen molar-refractivity contribution in [2.24, 2.45) is 5.41 Å². The van der Waals surface area contributed by atoms with Gasteiger partial charge in [0.2, 0.25) is 10.0 Å². The van der Waals surface area contributed by atoms with Crippen LogP contribution in [0.3, 0.4) is 0 Å². The van der Waals surface area contributed by atoms with Crippen molar-refractivity contribution < 1.29 is 17.7 Å². The molecule has 1 aromatic heterocycles. The Balaban J connectivity index is 1.68. The molecule has 2 aliphatic rings. The van der Waals surface area contributed by atoms with Gasteiger partial charge in [0.05, 0.1) is 11.8 Å². The highest BCUT2D eigenvalue weighted by Crippen LogP contribution is 2.53. The van der Waals surface area contributed by atoms with E-state index in [9.17, 15) is 8.42 Å². The molecule has 6 nitrogen and oxygen atoms in total. The van der Waals surface area contributed by atoms with E-state index in [0.29, 0.717) is 12.3 Å². The first kappa shape index (κ1) is 16.0. The summed E-state index contributed by atoms with van der Waals surface area (Å²) in [5.74, 6) is -0.130. The molecule has 1 aromatic rings. The highest BCUT2D eigenvalue weighted by Gasteiger charge is 2.56. The molecule has 3 rings (SSSR count). The van der Waals surface area contributed by atoms with E-state index >= 15 is 0 Å². The summed E-state index contributed by atoms with van der Waals surface area (Å²) in [5, 5.41) is 3.68. The molecule has 1 heterocycles. The number of nitrogens with zero attached hydrogens (tertiary/aromatic N) is 1. The summed E-state index contributed by atoms with van der Waals surface area (Å²) < 4.78 is 38.2. The van der Waals surface area contributed by atoms with Gasteiger partial charge in [-0.3, -0.25) is 0 Å². The molecule has 1 spiro atoms. The summed E-state index contributed by atoms with van der Waals surface area (Å²) in [6, 6.07) is 1.57. The van der Waals surface area contributed by atoms with E-state index in [1.807, 2.05) is 6.92 Å². The quantitative estimate of drug-likeness (QED) is 0.866. The maximum atomic E-state index is 12.4. The van der Waals surface area contributed by atoms with Gasteiger partial charge in [0.15, 0.2) is 0 Å². The zero-order valence-electron chi connectivity index (χ0n) is 13.0. The Morgan fingerprint density at radius 3 is 2.82 bits per heavy atom. The second-order valence-corrected chi connectivity index (χ2v) is 8.15. The first-order valence-corrected chi connectivity index (χ1v) is 9.72. The lowest BCUT2D eigenvalue weighted by Gasteiger charge is -2.57. The van der Waals surface area contributed by atoms with E-state index in [4.69, 9.17) is 9.26 Å². The van der Waals surface area contributed by atoms with Crippen LogP contribution in [0.5, 0.6) is 0 Å². The lowest BCUT2D eigenvalue weighted by molar-refractivity contribution is -0.144. The van der Waals surface area contributed by atoms with Crippen molar-refractivity contribution >= 4 is 10.0 Å². The molecule has 2 atom stereocenters. The minimum Gasteiger partial charge on any atom is -0.378 e. The van der Waals surface area contributed by atoms with Crippen LogP contribution in [0.2, 0.25) is 0 Å². The molecule has 1 N–H and O–H groups in total. The van der Waals surface area contributed by atoms with Crippen molar-refractivity contribution in [2.45, 2.75) is 63.3 Å². The Kier molecular flexibility index (Phi) is 4.56. The average Bonchev–Trinajstić information content (AvgIpc) is 2.99. The normalized spacial score (nSPS) is 27.7. The zero-order valence-corrected chi connectivity index (χ0v) is 13.8. The number of hydrogen-bond donors (Lipinski definition) is 1. The van der Waals surface area contributed by atoms with Crippen LogP contribution in [-0.4, -0.2) is 32.3 Å². The van der Waals surface area contributed by atoms with Gasteiger partial charge in [0.25, 0.3) is 0 Å². The lowest BCUT2D eigenvalue weighted by atomic mass is 9.55. The molecule has 0 unspecified atom stereocenters. The van der Waals surface area contributed by atoms with Gasteiger partial charge in [-0.2, -0.15) is 0 Å². The first-order valence-electron chi connectivity index (χ1n) is 8.06. The van der Waals surface area contributed by atoms with Gasteiger partial charge in [0.1, 0.15) is 12.0 Å². The smallest absolute Gasteiger partial charge is 0.217 e. The molecule has 0 aliphatic heterocycles. The number of ether oxygens (including phenoxy) is 1. The second-order valence-electron chi connectivity index (χ2n) is 6.39. The number of rotatable bonds is 6. The third-order valence-corrected chi connectivity index (χ3v) is 6.41. The minimum atomic E-state index is -3.41. The van der Waals surface area contributed by atoms with Crippen molar-refractivity contribution in [3.63, 3.8) is 0 Å². The number of aromatic nitrogens is 1. The first-order chi connectivity index (χ1) is 10.6. The second kappa shape index (κ2) is 6.29. The van der Waals surface area contributed by atoms with E-state index in [2.05, 4.69) is 9.88 Å². The van der Waals surface area contributed by atoms with E-state index in [-0.39, 0.29) is 23.3 Å². The van der Waals surface area contributed by atoms with Crippen molar-refractivity contribution in [3.05, 3.63) is 18.0 Å². The number of nitrogens with one attached hydrogen (secondary N) is 1. The minimum absolute atomic E-state index is 0.00878. The molecule has 124 valence electrons. The fourth-order valence-electron chi connectivity index (χ4n) is 3.99. The van der Waals surface area contributed by atoms with E-state index < -0.39 is 10.0 Å². The summed E-state index contributed by atoms with van der Waals surface area (Å²) in [6.45, 7) is 2.68. The molecule has 0 amide bonds. The Morgan fingerprint density at radius 2 is 2.18 bits per heavy atom. The Labute approximate surface area is 131 Å². The summed E-state index contributed by atoms with van der Waals surface area (Å²) in [6.07, 6.45) is 8.00. The molecule has 2 aliphatic carbocycles. The fraction of sp³-hybridized carbons (Fsp3) is 0.800. The summed E-state index contributed by atoms with van der Waals surface area (Å²) in [5.41, 5.74) is 0.427. The highest BCUT2D eigenvalue weighted by atomic mass is 32.2. The molecule has 0 aromatic carbocycles. The SMILES string of the molecule is CCO[C@@H]1C[C@@H](NS(=O)(=O)Cc2ccon2)C12CCCCC2. The van der Waals surface area contributed by atoms with E-state index in [1.165, 1.54) is 12.7 Å². The van der Waals surface area contributed by atoms with Crippen LogP contribution in [0.4, 0.5) is 0 Å². The molecule has 2 saturated carbocycles. The third-order valence-electron chi connectivity index (χ3n) is 5.09. The van der Waals surface area contributed by atoms with Gasteiger partial charge in [-0.1, -0.05) is 24.4 Å². The monoisotopic (exact) mass is 328 g/mol. The molecular weight excluding hydrogens is 304 g/mol. The molecule has 22 heavy (non-hydrogen) atoms. The van der Waals surface area contributed by atoms with Gasteiger partial charge in [0, 0.05) is 24.1 Å². The summed E-state index contributed by atoms with van der Waals surface area (Å²) in [7, 11) is -3.41. The summed E-state index contributed by atoms with van der Waals surface area (Å²) in [4.78, 5) is 0. The predicted octanol–water partition coefficient (Wildman–Crippen LogP) is 2.22. The lowest BCUT2D eigenvalue weighted by Crippen LogP contribution is -2.65. The molecular formula is C15H24N2O4S. The largest absolute Gasteiger partial charge is 0.378 e. The van der Waals surface area contributed by atoms with Crippen LogP contribution < -0.4 is 4.72 Å². The van der Waals surface area contributed by atoms with Crippen LogP contribution >= 0.6 is 0 Å². The number of sulfonamides is 1. The van der Waals surface area contributed by atoms with Crippen LogP contribution in [0.15, 0.2) is 16.9 Å². The Hall–Kier alpha value is -0.920. The topological polar surface area (TPSA) is 81.4 Å². The van der Waals surface area contributed by atoms with Crippen LogP contribution in [0.25, 0.3) is 0 Å². The van der Waals surface area contributed by atoms with Crippen LogP contribution in [0.1, 0.15) is 51.1 Å². The molecule has 0 radical (unpaired) electrons. The van der Waals surface area contributed by atoms with Gasteiger partial charge < -0.3 is 9.26 Å². The van der Waals surface area contributed by atoms with Gasteiger partial charge >= 0.3 is 0 Å². The fourth-order valence-corrected chi connectivity index (χ4v) is 5.38. The van der Waals surface area contributed by atoms with Crippen LogP contribution in [0, 0.1) is 5.41 Å². The maximum Gasteiger partial charge on any atom is 0.217 e. The van der Waals surface area contributed by atoms with E-state index in [0.717, 1.165) is 32.1 Å². The standard InChI is InChI=1S/C15H24N2O4S/c1-2-20-14-10-13(15(14)7-4-3-5-8-15)17-22(18,19)11-12-6-9-21-16-12/h6,9,13-14,17H,2-5,7-8,10-11H2,1H3/t13-,14-/m1/s1. The predicted molar refractivity (Wildman–Crippen MR) is 81.6 cm³/mol. The zero-order chi connectivity index (χ0) is 15.6. The third kappa shape index (κ3) is 3.07. The highest BCUT2D eigenvalue weighted by molar-refractivity contribution is 7.88. The van der Waals surface area contributed by atoms with Crippen molar-refractivity contribution in [3.8, 4) is 0 Å². The average molecular weight is 328 g/mol. The van der Waals surface area contributed by atoms with Crippen LogP contribution in [-0.2, 0) is 20.5 Å². The van der Waals surface area contributed by atoms with Gasteiger partial charge in [-0.05, 0) is 26.2 Å². The number of hydrogen-bond acceptors (Lipinski definition) is 5. The van der Waals surface area contributed by atoms with Crippen molar-refractivity contribution in [2.75, 3.05) is 6.61 Å². The van der Waals surface area contributed by atoms with E-state index in [1.54, 1.807) is 6.07 Å². The maximum absolute atomic E-state index is 12.4. The molecule has 0 bridgehead atoms. The molecule has 2 fully saturated rings. The van der Waals surface area contributed by atoms with Crippen molar-refractivity contribution in [1.82, 2.24) is 9.88 Å². The Morgan fingerprint density at radius 1 is 1.41 bits per heavy atom. The molecule has 7 heteroatoms. The van der Waals surface area contributed by atoms with Crippen molar-refractivity contribution in [1.29, 1.82) is 0 Å².